The molecule has 2 atom stereocenters. The molecule has 2 unspecified atom stereocenters. The molecule has 2 aromatic carbocycles. The minimum atomic E-state index is -1.06. The number of hydrogen-bond acceptors (Lipinski definition) is 7. The van der Waals surface area contributed by atoms with Gasteiger partial charge in [-0.25, -0.2) is 0 Å². The number of fused-ring (bicyclic) bond motifs is 1. The fourth-order valence-electron chi connectivity index (χ4n) is 4.57. The molecule has 0 saturated heterocycles. The van der Waals surface area contributed by atoms with Gasteiger partial charge in [0.15, 0.2) is 0 Å². The zero-order valence-electron chi connectivity index (χ0n) is 20.0. The molecule has 0 fully saturated rings. The summed E-state index contributed by atoms with van der Waals surface area (Å²) in [7, 11) is 0. The molecule has 1 aliphatic heterocycles. The molecule has 0 aliphatic carbocycles. The third kappa shape index (κ3) is 4.81. The second-order valence-electron chi connectivity index (χ2n) is 9.95. The predicted octanol–water partition coefficient (Wildman–Crippen LogP) is 4.44. The van der Waals surface area contributed by atoms with E-state index in [0.29, 0.717) is 34.6 Å². The van der Waals surface area contributed by atoms with Crippen molar-refractivity contribution in [2.24, 2.45) is 11.3 Å². The molecule has 1 aliphatic rings. The van der Waals surface area contributed by atoms with Crippen LogP contribution >= 0.6 is 11.6 Å². The van der Waals surface area contributed by atoms with Gasteiger partial charge in [-0.15, -0.1) is 0 Å². The van der Waals surface area contributed by atoms with E-state index < -0.39 is 17.3 Å². The molecule has 180 valence electrons. The number of carbonyl (C=O) groups excluding carboxylic acids is 1. The number of rotatable bonds is 6. The van der Waals surface area contributed by atoms with E-state index in [1.54, 1.807) is 12.1 Å². The van der Waals surface area contributed by atoms with Crippen molar-refractivity contribution in [1.29, 1.82) is 0 Å². The molecule has 4 rings (SSSR count). The van der Waals surface area contributed by atoms with Crippen LogP contribution in [0.3, 0.4) is 0 Å². The molecule has 1 aromatic heterocycles. The van der Waals surface area contributed by atoms with E-state index in [1.165, 1.54) is 0 Å². The first-order valence-electron chi connectivity index (χ1n) is 11.4. The van der Waals surface area contributed by atoms with Crippen LogP contribution in [0.5, 0.6) is 5.75 Å². The molecule has 0 radical (unpaired) electrons. The van der Waals surface area contributed by atoms with Crippen molar-refractivity contribution in [3.05, 3.63) is 52.5 Å². The average molecular weight is 483 g/mol. The minimum Gasteiger partial charge on any atom is -0.550 e. The van der Waals surface area contributed by atoms with Crippen LogP contribution < -0.4 is 15.2 Å². The van der Waals surface area contributed by atoms with E-state index in [1.807, 2.05) is 58.9 Å². The van der Waals surface area contributed by atoms with Gasteiger partial charge < -0.3 is 24.5 Å². The van der Waals surface area contributed by atoms with Gasteiger partial charge in [-0.1, -0.05) is 55.7 Å². The topological polar surface area (TPSA) is 100 Å². The average Bonchev–Trinajstić information content (AvgIpc) is 3.23. The summed E-state index contributed by atoms with van der Waals surface area (Å²) in [5.74, 6) is -0.370. The number of benzene rings is 2. The van der Waals surface area contributed by atoms with Crippen molar-refractivity contribution < 1.29 is 19.2 Å². The summed E-state index contributed by atoms with van der Waals surface area (Å²) in [6.45, 7) is 10.3. The number of hydrogen-bond donors (Lipinski definition) is 1. The van der Waals surface area contributed by atoms with Gasteiger partial charge in [0, 0.05) is 29.1 Å². The van der Waals surface area contributed by atoms with Crippen LogP contribution in [0, 0.1) is 11.3 Å². The predicted molar refractivity (Wildman–Crippen MR) is 128 cm³/mol. The normalized spacial score (nSPS) is 16.9. The molecule has 2 heterocycles. The maximum Gasteiger partial charge on any atom is 0.258 e. The number of aromatic nitrogens is 2. The van der Waals surface area contributed by atoms with E-state index >= 15 is 0 Å². The molecule has 0 amide bonds. The number of nitrogens with one attached hydrogen (secondary N) is 1. The second-order valence-corrected chi connectivity index (χ2v) is 10.4. The zero-order chi connectivity index (χ0) is 24.6. The molecule has 3 aromatic rings. The Balaban J connectivity index is 1.69. The molecule has 34 heavy (non-hydrogen) atoms. The van der Waals surface area contributed by atoms with Crippen LogP contribution in [0.15, 0.2) is 40.9 Å². The summed E-state index contributed by atoms with van der Waals surface area (Å²) in [6.07, 6.45) is 0.735. The summed E-state index contributed by atoms with van der Waals surface area (Å²) in [4.78, 5) is 16.7. The van der Waals surface area contributed by atoms with E-state index in [-0.39, 0.29) is 12.1 Å². The number of ether oxygens (including phenoxy) is 1. The third-order valence-electron chi connectivity index (χ3n) is 6.02. The molecule has 7 nitrogen and oxygen atoms in total. The molecular formula is C26H29ClN3O4-. The van der Waals surface area contributed by atoms with Crippen molar-refractivity contribution in [3.8, 4) is 28.6 Å². The van der Waals surface area contributed by atoms with Crippen LogP contribution in [0.2, 0.25) is 5.02 Å². The highest BCUT2D eigenvalue weighted by atomic mass is 35.5. The molecular weight excluding hydrogens is 454 g/mol. The van der Waals surface area contributed by atoms with Gasteiger partial charge in [0.25, 0.3) is 5.89 Å². The van der Waals surface area contributed by atoms with E-state index in [4.69, 9.17) is 20.9 Å². The fourth-order valence-corrected chi connectivity index (χ4v) is 4.79. The lowest BCUT2D eigenvalue weighted by molar-refractivity contribution is -0.316. The van der Waals surface area contributed by atoms with Gasteiger partial charge in [0.1, 0.15) is 5.75 Å². The monoisotopic (exact) mass is 482 g/mol. The smallest absolute Gasteiger partial charge is 0.258 e. The molecule has 0 spiro atoms. The number of halogens is 1. The van der Waals surface area contributed by atoms with Crippen molar-refractivity contribution in [3.63, 3.8) is 0 Å². The summed E-state index contributed by atoms with van der Waals surface area (Å²) < 4.78 is 11.3. The Morgan fingerprint density at radius 1 is 1.26 bits per heavy atom. The first-order chi connectivity index (χ1) is 16.1. The molecule has 8 heteroatoms. The quantitative estimate of drug-likeness (QED) is 0.554. The summed E-state index contributed by atoms with van der Waals surface area (Å²) in [5, 5.41) is 20.1. The Morgan fingerprint density at radius 3 is 2.68 bits per heavy atom. The molecule has 0 bridgehead atoms. The van der Waals surface area contributed by atoms with Crippen LogP contribution in [-0.2, 0) is 11.2 Å². The highest BCUT2D eigenvalue weighted by molar-refractivity contribution is 6.32. The fraction of sp³-hybridized carbons (Fsp3) is 0.423. The third-order valence-corrected chi connectivity index (χ3v) is 6.31. The summed E-state index contributed by atoms with van der Waals surface area (Å²) in [6, 6.07) is 10.8. The van der Waals surface area contributed by atoms with Gasteiger partial charge >= 0.3 is 0 Å². The number of carbonyl (C=O) groups is 1. The number of nitrogens with zero attached hydrogens (tertiary/aromatic N) is 2. The standard InChI is InChI=1S/C26H30ClN3O4/c1-14(2)33-20-10-9-15(13-19(20)27)24-29-23(30-34-24)18-8-6-7-17-16(18)11-12-28-22(17)21(25(31)32)26(3,4)5/h6-10,13-14,21-22,28H,11-12H2,1-5H3,(H,31,32)/p-1. The number of carboxylic acid groups (broad SMARTS) is 1. The van der Waals surface area contributed by atoms with Crippen LogP contribution in [0.4, 0.5) is 0 Å². The highest BCUT2D eigenvalue weighted by Gasteiger charge is 2.37. The lowest BCUT2D eigenvalue weighted by Crippen LogP contribution is -2.48. The number of aliphatic carboxylic acids is 1. The maximum atomic E-state index is 12.1. The SMILES string of the molecule is CC(C)Oc1ccc(-c2nc(-c3cccc4c3CCNC4C(C(=O)[O-])C(C)(C)C)no2)cc1Cl. The van der Waals surface area contributed by atoms with Crippen molar-refractivity contribution in [1.82, 2.24) is 15.5 Å². The maximum absolute atomic E-state index is 12.1. The van der Waals surface area contributed by atoms with Gasteiger partial charge in [-0.2, -0.15) is 4.98 Å². The highest BCUT2D eigenvalue weighted by Crippen LogP contribution is 2.41. The first-order valence-corrected chi connectivity index (χ1v) is 11.8. The Kier molecular flexibility index (Phi) is 6.69. The van der Waals surface area contributed by atoms with Crippen molar-refractivity contribution in [2.45, 2.75) is 53.2 Å². The van der Waals surface area contributed by atoms with E-state index in [2.05, 4.69) is 15.5 Å². The summed E-state index contributed by atoms with van der Waals surface area (Å²) in [5.41, 5.74) is 2.99. The van der Waals surface area contributed by atoms with E-state index in [0.717, 1.165) is 23.1 Å². The molecule has 1 N–H and O–H groups in total. The lowest BCUT2D eigenvalue weighted by Gasteiger charge is -2.41. The van der Waals surface area contributed by atoms with Gasteiger partial charge in [-0.3, -0.25) is 0 Å². The van der Waals surface area contributed by atoms with Gasteiger partial charge in [-0.05, 0) is 61.6 Å². The lowest BCUT2D eigenvalue weighted by atomic mass is 9.72. The molecule has 0 saturated carbocycles. The Hall–Kier alpha value is -2.90. The van der Waals surface area contributed by atoms with Crippen LogP contribution in [-0.4, -0.2) is 28.8 Å². The summed E-state index contributed by atoms with van der Waals surface area (Å²) >= 11 is 6.38. The Labute approximate surface area is 204 Å². The zero-order valence-corrected chi connectivity index (χ0v) is 20.8. The van der Waals surface area contributed by atoms with Crippen LogP contribution in [0.1, 0.15) is 51.8 Å². The Bertz CT molecular complexity index is 1200. The Morgan fingerprint density at radius 2 is 2.03 bits per heavy atom. The van der Waals surface area contributed by atoms with Crippen molar-refractivity contribution >= 4 is 17.6 Å². The largest absolute Gasteiger partial charge is 0.550 e. The van der Waals surface area contributed by atoms with Crippen LogP contribution in [0.25, 0.3) is 22.8 Å². The van der Waals surface area contributed by atoms with Gasteiger partial charge in [0.2, 0.25) is 5.82 Å². The van der Waals surface area contributed by atoms with E-state index in [9.17, 15) is 9.90 Å². The van der Waals surface area contributed by atoms with Gasteiger partial charge in [0.05, 0.1) is 11.1 Å². The second kappa shape index (κ2) is 9.39. The minimum absolute atomic E-state index is 0.00993. The first kappa shape index (κ1) is 24.2. The number of carboxylic acids is 1. The van der Waals surface area contributed by atoms with Crippen molar-refractivity contribution in [2.75, 3.05) is 6.54 Å².